The van der Waals surface area contributed by atoms with Crippen LogP contribution in [0.3, 0.4) is 0 Å². The van der Waals surface area contributed by atoms with E-state index in [0.717, 1.165) is 135 Å². The molecule has 0 aromatic heterocycles. The number of carbonyl (C=O) groups is 2. The summed E-state index contributed by atoms with van der Waals surface area (Å²) in [5, 5.41) is 0. The Balaban J connectivity index is 4.07. The quantitative estimate of drug-likeness (QED) is 0.0264. The molecule has 0 aromatic carbocycles. The van der Waals surface area contributed by atoms with Crippen LogP contribution in [0.4, 0.5) is 0 Å². The third kappa shape index (κ3) is 55.3. The Hall–Kier alpha value is -3.85. The van der Waals surface area contributed by atoms with Crippen molar-refractivity contribution < 1.29 is 37.6 Å². The highest BCUT2D eigenvalue weighted by atomic mass is 31.2. The van der Waals surface area contributed by atoms with Crippen molar-refractivity contribution in [3.05, 3.63) is 134 Å². The van der Waals surface area contributed by atoms with E-state index in [0.29, 0.717) is 12.8 Å². The number of unbranched alkanes of at least 4 members (excludes halogenated alkanes) is 15. The Bertz CT molecular complexity index is 1620. The van der Waals surface area contributed by atoms with Gasteiger partial charge in [0.25, 0.3) is 0 Å². The number of rotatable bonds is 50. The van der Waals surface area contributed by atoms with Crippen LogP contribution in [0.1, 0.15) is 206 Å². The van der Waals surface area contributed by atoms with Crippen molar-refractivity contribution in [3.63, 3.8) is 0 Å². The Morgan fingerprint density at radius 2 is 0.732 bits per heavy atom. The maximum absolute atomic E-state index is 12.7. The highest BCUT2D eigenvalue weighted by Gasteiger charge is 2.26. The number of phosphoric acid groups is 1. The van der Waals surface area contributed by atoms with Gasteiger partial charge in [0.1, 0.15) is 6.61 Å². The summed E-state index contributed by atoms with van der Waals surface area (Å²) < 4.78 is 33.0. The molecule has 3 N–H and O–H groups in total. The third-order valence-corrected chi connectivity index (χ3v) is 12.0. The predicted octanol–water partition coefficient (Wildman–Crippen LogP) is 17.4. The molecule has 0 aliphatic carbocycles. The summed E-state index contributed by atoms with van der Waals surface area (Å²) in [6.07, 6.45) is 77.8. The zero-order chi connectivity index (χ0) is 51.7. The first-order valence-corrected chi connectivity index (χ1v) is 29.2. The van der Waals surface area contributed by atoms with Crippen molar-refractivity contribution >= 4 is 19.8 Å². The molecule has 9 nitrogen and oxygen atoms in total. The molecule has 2 unspecified atom stereocenters. The average molecular weight is 1010 g/mol. The summed E-state index contributed by atoms with van der Waals surface area (Å²) in [6, 6.07) is 0. The number of phosphoric ester groups is 1. The highest BCUT2D eigenvalue weighted by molar-refractivity contribution is 7.47. The van der Waals surface area contributed by atoms with E-state index >= 15 is 0 Å². The first-order valence-electron chi connectivity index (χ1n) is 27.7. The van der Waals surface area contributed by atoms with Gasteiger partial charge in [-0.3, -0.25) is 18.6 Å². The normalized spacial score (nSPS) is 14.1. The van der Waals surface area contributed by atoms with Crippen LogP contribution in [0.2, 0.25) is 0 Å². The summed E-state index contributed by atoms with van der Waals surface area (Å²) in [6.45, 7) is 3.47. The minimum atomic E-state index is -4.40. The lowest BCUT2D eigenvalue weighted by molar-refractivity contribution is -0.161. The van der Waals surface area contributed by atoms with E-state index in [1.54, 1.807) is 0 Å². The van der Waals surface area contributed by atoms with Gasteiger partial charge in [0.15, 0.2) is 6.10 Å². The Morgan fingerprint density at radius 1 is 0.423 bits per heavy atom. The van der Waals surface area contributed by atoms with Crippen LogP contribution >= 0.6 is 7.82 Å². The molecular weight excluding hydrogens is 906 g/mol. The van der Waals surface area contributed by atoms with Gasteiger partial charge in [-0.2, -0.15) is 0 Å². The third-order valence-electron chi connectivity index (χ3n) is 11.0. The molecule has 10 heteroatoms. The summed E-state index contributed by atoms with van der Waals surface area (Å²) in [5.41, 5.74) is 5.37. The molecule has 0 aliphatic heterocycles. The van der Waals surface area contributed by atoms with Gasteiger partial charge in [-0.15, -0.1) is 0 Å². The molecule has 0 aromatic rings. The second-order valence-corrected chi connectivity index (χ2v) is 19.1. The zero-order valence-electron chi connectivity index (χ0n) is 44.7. The fraction of sp³-hybridized carbons (Fsp3) is 0.607. The van der Waals surface area contributed by atoms with E-state index in [1.807, 2.05) is 0 Å². The molecule has 0 aliphatic rings. The second-order valence-electron chi connectivity index (χ2n) is 17.7. The molecule has 0 radical (unpaired) electrons. The van der Waals surface area contributed by atoms with Crippen molar-refractivity contribution in [2.75, 3.05) is 26.4 Å². The van der Waals surface area contributed by atoms with E-state index in [1.165, 1.54) is 32.1 Å². The van der Waals surface area contributed by atoms with E-state index in [9.17, 15) is 19.0 Å². The van der Waals surface area contributed by atoms with Crippen LogP contribution in [0, 0.1) is 0 Å². The van der Waals surface area contributed by atoms with Crippen molar-refractivity contribution in [3.8, 4) is 0 Å². The molecular formula is C61H100NO8P. The van der Waals surface area contributed by atoms with Gasteiger partial charge < -0.3 is 20.1 Å². The molecule has 0 heterocycles. The first kappa shape index (κ1) is 67.1. The molecule has 0 spiro atoms. The topological polar surface area (TPSA) is 134 Å². The van der Waals surface area contributed by atoms with Crippen LogP contribution in [0.15, 0.2) is 134 Å². The van der Waals surface area contributed by atoms with Gasteiger partial charge in [0.2, 0.25) is 0 Å². The number of esters is 2. The number of nitrogens with two attached hydrogens (primary N) is 1. The summed E-state index contributed by atoms with van der Waals surface area (Å²) >= 11 is 0. The standard InChI is InChI=1S/C61H100NO8P/c1-3-5-7-9-11-13-15-17-19-21-23-24-25-26-27-28-29-30-31-32-33-34-36-38-40-42-44-46-48-50-52-54-61(64)70-59(58-69-71(65,66)68-56-55-62)57-67-60(63)53-51-49-47-45-43-41-39-37-35-22-20-18-16-14-12-10-8-6-4-2/h5-8,11-14,17-20,23-24,26-27,29-30,32-33,35,37,59H,3-4,9-10,15-16,21-22,25,28,31,34,36,38-58,62H2,1-2H3,(H,65,66)/b7-5-,8-6-,13-11-,14-12-,19-17-,20-18-,24-23-,27-26-,30-29-,33-32-,37-35-. The fourth-order valence-electron chi connectivity index (χ4n) is 7.02. The molecule has 0 amide bonds. The minimum Gasteiger partial charge on any atom is -0.462 e. The van der Waals surface area contributed by atoms with E-state index in [-0.39, 0.29) is 32.6 Å². The van der Waals surface area contributed by atoms with Gasteiger partial charge >= 0.3 is 19.8 Å². The SMILES string of the molecule is CC/C=C\C/C=C\C/C=C\C/C=C\C/C=C\C/C=C\C/C=C\CCCCCCCCCCCC(=O)OC(COC(=O)CCCCCCCC/C=C\C/C=C\C/C=C\C/C=C\CC)COP(=O)(O)OCCN. The van der Waals surface area contributed by atoms with Crippen molar-refractivity contribution in [2.24, 2.45) is 5.73 Å². The number of ether oxygens (including phenoxy) is 2. The fourth-order valence-corrected chi connectivity index (χ4v) is 7.78. The Morgan fingerprint density at radius 3 is 1.08 bits per heavy atom. The average Bonchev–Trinajstić information content (AvgIpc) is 3.36. The molecule has 0 fully saturated rings. The first-order chi connectivity index (χ1) is 34.8. The van der Waals surface area contributed by atoms with Gasteiger partial charge in [0, 0.05) is 19.4 Å². The number of hydrogen-bond acceptors (Lipinski definition) is 8. The van der Waals surface area contributed by atoms with Crippen LogP contribution in [-0.4, -0.2) is 49.3 Å². The van der Waals surface area contributed by atoms with Gasteiger partial charge in [-0.05, 0) is 109 Å². The number of hydrogen-bond donors (Lipinski definition) is 2. The number of carbonyl (C=O) groups excluding carboxylic acids is 2. The molecule has 402 valence electrons. The van der Waals surface area contributed by atoms with Crippen LogP contribution < -0.4 is 5.73 Å². The lowest BCUT2D eigenvalue weighted by Crippen LogP contribution is -2.29. The van der Waals surface area contributed by atoms with Crippen LogP contribution in [0.25, 0.3) is 0 Å². The smallest absolute Gasteiger partial charge is 0.462 e. The molecule has 2 atom stereocenters. The minimum absolute atomic E-state index is 0.0428. The largest absolute Gasteiger partial charge is 0.472 e. The van der Waals surface area contributed by atoms with E-state index < -0.39 is 32.5 Å². The van der Waals surface area contributed by atoms with Crippen LogP contribution in [-0.2, 0) is 32.7 Å². The van der Waals surface area contributed by atoms with Crippen molar-refractivity contribution in [1.82, 2.24) is 0 Å². The van der Waals surface area contributed by atoms with Crippen LogP contribution in [0.5, 0.6) is 0 Å². The zero-order valence-corrected chi connectivity index (χ0v) is 45.5. The molecule has 0 bridgehead atoms. The molecule has 0 rings (SSSR count). The number of allylic oxidation sites excluding steroid dienone is 22. The molecule has 0 saturated carbocycles. The van der Waals surface area contributed by atoms with Gasteiger partial charge in [-0.25, -0.2) is 4.57 Å². The maximum Gasteiger partial charge on any atom is 0.472 e. The summed E-state index contributed by atoms with van der Waals surface area (Å²) in [7, 11) is -4.40. The predicted molar refractivity (Wildman–Crippen MR) is 302 cm³/mol. The molecule has 71 heavy (non-hydrogen) atoms. The monoisotopic (exact) mass is 1010 g/mol. The van der Waals surface area contributed by atoms with Gasteiger partial charge in [0.05, 0.1) is 13.2 Å². The summed E-state index contributed by atoms with van der Waals surface area (Å²) in [4.78, 5) is 35.1. The van der Waals surface area contributed by atoms with Gasteiger partial charge in [-0.1, -0.05) is 218 Å². The Labute approximate surface area is 434 Å². The highest BCUT2D eigenvalue weighted by Crippen LogP contribution is 2.43. The molecule has 0 saturated heterocycles. The lowest BCUT2D eigenvalue weighted by atomic mass is 10.1. The maximum atomic E-state index is 12.7. The van der Waals surface area contributed by atoms with E-state index in [2.05, 4.69) is 148 Å². The lowest BCUT2D eigenvalue weighted by Gasteiger charge is -2.19. The van der Waals surface area contributed by atoms with Crippen molar-refractivity contribution in [1.29, 1.82) is 0 Å². The van der Waals surface area contributed by atoms with E-state index in [4.69, 9.17) is 24.3 Å². The summed E-state index contributed by atoms with van der Waals surface area (Å²) in [5.74, 6) is -0.861. The second kappa shape index (κ2) is 55.5. The Kier molecular flexibility index (Phi) is 52.5. The van der Waals surface area contributed by atoms with Crippen molar-refractivity contribution in [2.45, 2.75) is 213 Å².